The van der Waals surface area contributed by atoms with Crippen LogP contribution in [-0.4, -0.2) is 17.0 Å². The van der Waals surface area contributed by atoms with Crippen molar-refractivity contribution >= 4 is 28.8 Å². The van der Waals surface area contributed by atoms with Crippen molar-refractivity contribution in [2.45, 2.75) is 6.92 Å². The van der Waals surface area contributed by atoms with E-state index in [-0.39, 0.29) is 11.7 Å². The molecule has 0 aliphatic carbocycles. The quantitative estimate of drug-likeness (QED) is 0.348. The van der Waals surface area contributed by atoms with Crippen molar-refractivity contribution in [1.29, 1.82) is 0 Å². The largest absolute Gasteiger partial charge is 0.409 e. The van der Waals surface area contributed by atoms with Gasteiger partial charge in [0.15, 0.2) is 5.84 Å². The van der Waals surface area contributed by atoms with Gasteiger partial charge in [0.1, 0.15) is 0 Å². The van der Waals surface area contributed by atoms with Crippen molar-refractivity contribution in [3.63, 3.8) is 0 Å². The van der Waals surface area contributed by atoms with Crippen molar-refractivity contribution in [3.05, 3.63) is 51.7 Å². The SMILES string of the molecule is Cc1ccc(C(=O)Nc2ccc(/C(N)=N/O)cc2)s1. The molecule has 0 atom stereocenters. The van der Waals surface area contributed by atoms with Crippen LogP contribution in [0.5, 0.6) is 0 Å². The Bertz CT molecular complexity index is 617. The van der Waals surface area contributed by atoms with Crippen molar-refractivity contribution in [1.82, 2.24) is 0 Å². The number of oxime groups is 1. The summed E-state index contributed by atoms with van der Waals surface area (Å²) in [7, 11) is 0. The average molecular weight is 275 g/mol. The lowest BCUT2D eigenvalue weighted by Gasteiger charge is -2.04. The molecule has 0 saturated carbocycles. The molecule has 1 amide bonds. The van der Waals surface area contributed by atoms with E-state index in [4.69, 9.17) is 10.9 Å². The van der Waals surface area contributed by atoms with Crippen LogP contribution in [-0.2, 0) is 0 Å². The Morgan fingerprint density at radius 1 is 1.26 bits per heavy atom. The number of nitrogens with zero attached hydrogens (tertiary/aromatic N) is 1. The van der Waals surface area contributed by atoms with Crippen LogP contribution in [0.2, 0.25) is 0 Å². The number of hydrogen-bond acceptors (Lipinski definition) is 4. The second-order valence-corrected chi connectivity index (χ2v) is 5.21. The number of carbonyl (C=O) groups is 1. The molecule has 0 spiro atoms. The summed E-state index contributed by atoms with van der Waals surface area (Å²) in [4.78, 5) is 13.7. The Balaban J connectivity index is 2.10. The summed E-state index contributed by atoms with van der Waals surface area (Å²) in [6.07, 6.45) is 0. The van der Waals surface area contributed by atoms with Gasteiger partial charge in [0.05, 0.1) is 4.88 Å². The maximum absolute atomic E-state index is 11.9. The fourth-order valence-electron chi connectivity index (χ4n) is 1.53. The minimum atomic E-state index is -0.144. The lowest BCUT2D eigenvalue weighted by Crippen LogP contribution is -2.13. The van der Waals surface area contributed by atoms with Gasteiger partial charge in [0.25, 0.3) is 5.91 Å². The standard InChI is InChI=1S/C13H13N3O2S/c1-8-2-7-11(19-8)13(17)15-10-5-3-9(4-6-10)12(14)16-18/h2-7,18H,1H3,(H2,14,16)(H,15,17). The molecule has 1 aromatic carbocycles. The van der Waals surface area contributed by atoms with Crippen LogP contribution in [0, 0.1) is 6.92 Å². The molecule has 0 unspecified atom stereocenters. The molecule has 1 heterocycles. The zero-order valence-corrected chi connectivity index (χ0v) is 11.1. The number of anilines is 1. The van der Waals surface area contributed by atoms with Crippen LogP contribution in [0.4, 0.5) is 5.69 Å². The highest BCUT2D eigenvalue weighted by atomic mass is 32.1. The molecule has 6 heteroatoms. The number of amidine groups is 1. The first-order valence-corrected chi connectivity index (χ1v) is 6.37. The molecule has 0 aliphatic heterocycles. The number of amides is 1. The third-order valence-electron chi connectivity index (χ3n) is 2.51. The van der Waals surface area contributed by atoms with Gasteiger partial charge in [-0.2, -0.15) is 0 Å². The van der Waals surface area contributed by atoms with E-state index in [1.54, 1.807) is 30.3 Å². The lowest BCUT2D eigenvalue weighted by molar-refractivity contribution is 0.103. The predicted molar refractivity (Wildman–Crippen MR) is 76.0 cm³/mol. The number of nitrogens with two attached hydrogens (primary N) is 1. The van der Waals surface area contributed by atoms with Crippen LogP contribution in [0.3, 0.4) is 0 Å². The van der Waals surface area contributed by atoms with Gasteiger partial charge < -0.3 is 16.3 Å². The van der Waals surface area contributed by atoms with Crippen LogP contribution in [0.25, 0.3) is 0 Å². The Morgan fingerprint density at radius 3 is 2.47 bits per heavy atom. The van der Waals surface area contributed by atoms with Crippen molar-refractivity contribution in [2.75, 3.05) is 5.32 Å². The fourth-order valence-corrected chi connectivity index (χ4v) is 2.29. The molecule has 98 valence electrons. The zero-order valence-electron chi connectivity index (χ0n) is 10.3. The molecule has 0 saturated heterocycles. The summed E-state index contributed by atoms with van der Waals surface area (Å²) >= 11 is 1.44. The Morgan fingerprint density at radius 2 is 1.95 bits per heavy atom. The van der Waals surface area contributed by atoms with E-state index in [2.05, 4.69) is 10.5 Å². The molecule has 0 bridgehead atoms. The lowest BCUT2D eigenvalue weighted by atomic mass is 10.2. The summed E-state index contributed by atoms with van der Waals surface area (Å²) in [5.74, 6) is -0.110. The second kappa shape index (κ2) is 5.53. The molecule has 5 nitrogen and oxygen atoms in total. The van der Waals surface area contributed by atoms with Crippen LogP contribution in [0.15, 0.2) is 41.6 Å². The van der Waals surface area contributed by atoms with E-state index in [0.29, 0.717) is 16.1 Å². The topological polar surface area (TPSA) is 87.7 Å². The zero-order chi connectivity index (χ0) is 13.8. The van der Waals surface area contributed by atoms with Gasteiger partial charge in [-0.1, -0.05) is 5.16 Å². The van der Waals surface area contributed by atoms with Gasteiger partial charge in [-0.25, -0.2) is 0 Å². The number of carbonyl (C=O) groups excluding carboxylic acids is 1. The maximum atomic E-state index is 11.9. The average Bonchev–Trinajstić information content (AvgIpc) is 2.85. The first kappa shape index (κ1) is 13.1. The van der Waals surface area contributed by atoms with Gasteiger partial charge in [-0.05, 0) is 43.3 Å². The number of thiophene rings is 1. The van der Waals surface area contributed by atoms with Crippen LogP contribution in [0.1, 0.15) is 20.1 Å². The molecule has 0 radical (unpaired) electrons. The summed E-state index contributed by atoms with van der Waals surface area (Å²) in [5, 5.41) is 14.2. The first-order valence-electron chi connectivity index (χ1n) is 5.56. The molecule has 4 N–H and O–H groups in total. The van der Waals surface area contributed by atoms with Crippen molar-refractivity contribution in [2.24, 2.45) is 10.9 Å². The highest BCUT2D eigenvalue weighted by molar-refractivity contribution is 7.14. The van der Waals surface area contributed by atoms with E-state index < -0.39 is 0 Å². The number of rotatable bonds is 3. The minimum absolute atomic E-state index is 0.0340. The smallest absolute Gasteiger partial charge is 0.265 e. The van der Waals surface area contributed by atoms with Gasteiger partial charge in [-0.15, -0.1) is 11.3 Å². The van der Waals surface area contributed by atoms with Gasteiger partial charge >= 0.3 is 0 Å². The number of aryl methyl sites for hydroxylation is 1. The van der Waals surface area contributed by atoms with E-state index in [1.807, 2.05) is 13.0 Å². The third kappa shape index (κ3) is 3.11. The predicted octanol–water partition coefficient (Wildman–Crippen LogP) is 2.40. The molecule has 2 rings (SSSR count). The number of hydrogen-bond donors (Lipinski definition) is 3. The third-order valence-corrected chi connectivity index (χ3v) is 3.51. The number of benzene rings is 1. The number of nitrogens with one attached hydrogen (secondary N) is 1. The molecule has 19 heavy (non-hydrogen) atoms. The summed E-state index contributed by atoms with van der Waals surface area (Å²) in [6, 6.07) is 10.4. The highest BCUT2D eigenvalue weighted by Crippen LogP contribution is 2.17. The Kier molecular flexibility index (Phi) is 3.82. The molecular formula is C13H13N3O2S. The normalized spacial score (nSPS) is 11.3. The molecule has 2 aromatic rings. The molecule has 0 aliphatic rings. The second-order valence-electron chi connectivity index (χ2n) is 3.93. The summed E-state index contributed by atoms with van der Waals surface area (Å²) in [6.45, 7) is 1.95. The fraction of sp³-hybridized carbons (Fsp3) is 0.0769. The van der Waals surface area contributed by atoms with E-state index in [9.17, 15) is 4.79 Å². The Hall–Kier alpha value is -2.34. The minimum Gasteiger partial charge on any atom is -0.409 e. The highest BCUT2D eigenvalue weighted by Gasteiger charge is 2.08. The van der Waals surface area contributed by atoms with Crippen molar-refractivity contribution < 1.29 is 10.0 Å². The monoisotopic (exact) mass is 275 g/mol. The molecular weight excluding hydrogens is 262 g/mol. The molecule has 1 aromatic heterocycles. The van der Waals surface area contributed by atoms with E-state index in [0.717, 1.165) is 4.88 Å². The maximum Gasteiger partial charge on any atom is 0.265 e. The summed E-state index contributed by atoms with van der Waals surface area (Å²) in [5.41, 5.74) is 6.70. The van der Waals surface area contributed by atoms with Crippen LogP contribution < -0.4 is 11.1 Å². The first-order chi connectivity index (χ1) is 9.10. The molecule has 0 fully saturated rings. The summed E-state index contributed by atoms with van der Waals surface area (Å²) < 4.78 is 0. The van der Waals surface area contributed by atoms with Gasteiger partial charge in [0, 0.05) is 16.1 Å². The Labute approximate surface area is 114 Å². The van der Waals surface area contributed by atoms with Crippen LogP contribution >= 0.6 is 11.3 Å². The van der Waals surface area contributed by atoms with Gasteiger partial charge in [0.2, 0.25) is 0 Å². The van der Waals surface area contributed by atoms with Crippen molar-refractivity contribution in [3.8, 4) is 0 Å². The van der Waals surface area contributed by atoms with E-state index >= 15 is 0 Å². The van der Waals surface area contributed by atoms with Gasteiger partial charge in [-0.3, -0.25) is 4.79 Å². The van der Waals surface area contributed by atoms with E-state index in [1.165, 1.54) is 11.3 Å².